The van der Waals surface area contributed by atoms with E-state index in [1.807, 2.05) is 24.3 Å². The summed E-state index contributed by atoms with van der Waals surface area (Å²) in [5.74, 6) is 0.595. The van der Waals surface area contributed by atoms with Gasteiger partial charge in [0.05, 0.1) is 12.6 Å². The Morgan fingerprint density at radius 2 is 1.29 bits per heavy atom. The van der Waals surface area contributed by atoms with Crippen LogP contribution in [0.3, 0.4) is 0 Å². The van der Waals surface area contributed by atoms with Gasteiger partial charge in [0.25, 0.3) is 0 Å². The van der Waals surface area contributed by atoms with Crippen LogP contribution in [0.25, 0.3) is 0 Å². The van der Waals surface area contributed by atoms with Crippen LogP contribution in [0.15, 0.2) is 60.7 Å². The molecule has 21 heavy (non-hydrogen) atoms. The van der Waals surface area contributed by atoms with Crippen LogP contribution in [0.2, 0.25) is 0 Å². The van der Waals surface area contributed by atoms with Gasteiger partial charge in [-0.25, -0.2) is 0 Å². The Kier molecular flexibility index (Phi) is 5.97. The molecule has 0 radical (unpaired) electrons. The van der Waals surface area contributed by atoms with E-state index in [9.17, 15) is 5.11 Å². The molecule has 0 saturated carbocycles. The molecule has 112 valence electrons. The highest BCUT2D eigenvalue weighted by Crippen LogP contribution is 2.25. The molecule has 0 heterocycles. The second-order valence-electron chi connectivity index (χ2n) is 5.91. The smallest absolute Gasteiger partial charge is 0.0626 e. The lowest BCUT2D eigenvalue weighted by molar-refractivity contribution is 0.227. The van der Waals surface area contributed by atoms with Crippen molar-refractivity contribution in [3.8, 4) is 0 Å². The zero-order valence-corrected chi connectivity index (χ0v) is 12.9. The van der Waals surface area contributed by atoms with E-state index in [1.54, 1.807) is 0 Å². The normalized spacial score (nSPS) is 14.1. The van der Waals surface area contributed by atoms with Gasteiger partial charge in [0.1, 0.15) is 0 Å². The molecular weight excluding hydrogens is 258 g/mol. The zero-order valence-electron chi connectivity index (χ0n) is 12.9. The van der Waals surface area contributed by atoms with Crippen molar-refractivity contribution in [1.29, 1.82) is 0 Å². The lowest BCUT2D eigenvalue weighted by Crippen LogP contribution is -2.29. The SMILES string of the molecule is CC(C)CC(NC(CO)c1ccccc1)c1ccccc1. The van der Waals surface area contributed by atoms with Crippen molar-refractivity contribution >= 4 is 0 Å². The van der Waals surface area contributed by atoms with Crippen LogP contribution >= 0.6 is 0 Å². The molecule has 0 saturated heterocycles. The average molecular weight is 283 g/mol. The van der Waals surface area contributed by atoms with Crippen LogP contribution in [-0.4, -0.2) is 11.7 Å². The highest BCUT2D eigenvalue weighted by molar-refractivity contribution is 5.22. The Morgan fingerprint density at radius 1 is 0.810 bits per heavy atom. The molecule has 0 bridgehead atoms. The van der Waals surface area contributed by atoms with Crippen LogP contribution in [0.4, 0.5) is 0 Å². The summed E-state index contributed by atoms with van der Waals surface area (Å²) < 4.78 is 0. The van der Waals surface area contributed by atoms with E-state index < -0.39 is 0 Å². The van der Waals surface area contributed by atoms with E-state index in [1.165, 1.54) is 5.56 Å². The van der Waals surface area contributed by atoms with Crippen LogP contribution in [-0.2, 0) is 0 Å². The van der Waals surface area contributed by atoms with Gasteiger partial charge in [0.15, 0.2) is 0 Å². The molecule has 2 N–H and O–H groups in total. The maximum Gasteiger partial charge on any atom is 0.0626 e. The van der Waals surface area contributed by atoms with Gasteiger partial charge in [-0.15, -0.1) is 0 Å². The number of hydrogen-bond acceptors (Lipinski definition) is 2. The van der Waals surface area contributed by atoms with E-state index >= 15 is 0 Å². The number of hydrogen-bond donors (Lipinski definition) is 2. The predicted octanol–water partition coefficient (Wildman–Crippen LogP) is 4.10. The molecule has 2 nitrogen and oxygen atoms in total. The number of rotatable bonds is 7. The molecule has 2 rings (SSSR count). The summed E-state index contributed by atoms with van der Waals surface area (Å²) in [5, 5.41) is 13.4. The minimum absolute atomic E-state index is 0.0323. The van der Waals surface area contributed by atoms with Crippen molar-refractivity contribution in [3.05, 3.63) is 71.8 Å². The lowest BCUT2D eigenvalue weighted by atomic mass is 9.95. The van der Waals surface area contributed by atoms with Gasteiger partial charge >= 0.3 is 0 Å². The van der Waals surface area contributed by atoms with Gasteiger partial charge in [-0.05, 0) is 23.5 Å². The highest BCUT2D eigenvalue weighted by atomic mass is 16.3. The van der Waals surface area contributed by atoms with E-state index in [2.05, 4.69) is 55.6 Å². The fourth-order valence-electron chi connectivity index (χ4n) is 2.64. The van der Waals surface area contributed by atoms with E-state index in [-0.39, 0.29) is 18.7 Å². The summed E-state index contributed by atoms with van der Waals surface area (Å²) in [5.41, 5.74) is 2.41. The Hall–Kier alpha value is -1.64. The molecular formula is C19H25NO. The Balaban J connectivity index is 2.17. The van der Waals surface area contributed by atoms with Crippen molar-refractivity contribution in [2.24, 2.45) is 5.92 Å². The second-order valence-corrected chi connectivity index (χ2v) is 5.91. The van der Waals surface area contributed by atoms with Gasteiger partial charge in [0.2, 0.25) is 0 Å². The molecule has 0 amide bonds. The topological polar surface area (TPSA) is 32.3 Å². The molecule has 0 aliphatic heterocycles. The predicted molar refractivity (Wildman–Crippen MR) is 88.0 cm³/mol. The number of aliphatic hydroxyl groups excluding tert-OH is 1. The minimum Gasteiger partial charge on any atom is -0.394 e. The summed E-state index contributed by atoms with van der Waals surface area (Å²) >= 11 is 0. The van der Waals surface area contributed by atoms with Crippen molar-refractivity contribution < 1.29 is 5.11 Å². The van der Waals surface area contributed by atoms with Gasteiger partial charge < -0.3 is 10.4 Å². The van der Waals surface area contributed by atoms with Crippen LogP contribution in [0.1, 0.15) is 43.5 Å². The molecule has 2 unspecified atom stereocenters. The van der Waals surface area contributed by atoms with Gasteiger partial charge in [0, 0.05) is 6.04 Å². The van der Waals surface area contributed by atoms with Crippen molar-refractivity contribution in [1.82, 2.24) is 5.32 Å². The monoisotopic (exact) mass is 283 g/mol. The molecule has 0 spiro atoms. The third-order valence-corrected chi connectivity index (χ3v) is 3.70. The van der Waals surface area contributed by atoms with Crippen molar-refractivity contribution in [3.63, 3.8) is 0 Å². The maximum atomic E-state index is 9.75. The number of nitrogens with one attached hydrogen (secondary N) is 1. The molecule has 2 heteroatoms. The quantitative estimate of drug-likeness (QED) is 0.802. The van der Waals surface area contributed by atoms with Crippen molar-refractivity contribution in [2.45, 2.75) is 32.4 Å². The van der Waals surface area contributed by atoms with Crippen LogP contribution in [0, 0.1) is 5.92 Å². The van der Waals surface area contributed by atoms with Gasteiger partial charge in [-0.1, -0.05) is 74.5 Å². The lowest BCUT2D eigenvalue weighted by Gasteiger charge is -2.27. The molecule has 2 atom stereocenters. The minimum atomic E-state index is -0.0323. The summed E-state index contributed by atoms with van der Waals surface area (Å²) in [6, 6.07) is 20.9. The first kappa shape index (κ1) is 15.7. The number of aliphatic hydroxyl groups is 1. The maximum absolute atomic E-state index is 9.75. The standard InChI is InChI=1S/C19H25NO/c1-15(2)13-18(16-9-5-3-6-10-16)20-19(14-21)17-11-7-4-8-12-17/h3-12,15,18-21H,13-14H2,1-2H3. The van der Waals surface area contributed by atoms with Gasteiger partial charge in [-0.3, -0.25) is 0 Å². The average Bonchev–Trinajstić information content (AvgIpc) is 2.52. The van der Waals surface area contributed by atoms with E-state index in [0.29, 0.717) is 5.92 Å². The Morgan fingerprint density at radius 3 is 1.71 bits per heavy atom. The molecule has 0 aliphatic carbocycles. The zero-order chi connectivity index (χ0) is 15.1. The number of benzene rings is 2. The fourth-order valence-corrected chi connectivity index (χ4v) is 2.64. The fraction of sp³-hybridized carbons (Fsp3) is 0.368. The van der Waals surface area contributed by atoms with Gasteiger partial charge in [-0.2, -0.15) is 0 Å². The van der Waals surface area contributed by atoms with Crippen molar-refractivity contribution in [2.75, 3.05) is 6.61 Å². The molecule has 2 aromatic carbocycles. The summed E-state index contributed by atoms with van der Waals surface area (Å²) in [7, 11) is 0. The molecule has 0 aliphatic rings. The summed E-state index contributed by atoms with van der Waals surface area (Å²) in [4.78, 5) is 0. The first-order valence-electron chi connectivity index (χ1n) is 7.67. The first-order valence-corrected chi connectivity index (χ1v) is 7.67. The third kappa shape index (κ3) is 4.69. The first-order chi connectivity index (χ1) is 10.2. The summed E-state index contributed by atoms with van der Waals surface area (Å²) in [6.07, 6.45) is 1.05. The Bertz CT molecular complexity index is 510. The molecule has 2 aromatic rings. The molecule has 0 fully saturated rings. The van der Waals surface area contributed by atoms with Crippen LogP contribution < -0.4 is 5.32 Å². The van der Waals surface area contributed by atoms with E-state index in [4.69, 9.17) is 0 Å². The summed E-state index contributed by atoms with van der Waals surface area (Å²) in [6.45, 7) is 4.56. The Labute approximate surface area is 127 Å². The second kappa shape index (κ2) is 7.96. The third-order valence-electron chi connectivity index (χ3n) is 3.70. The largest absolute Gasteiger partial charge is 0.394 e. The van der Waals surface area contributed by atoms with Crippen LogP contribution in [0.5, 0.6) is 0 Å². The molecule has 0 aromatic heterocycles. The van der Waals surface area contributed by atoms with E-state index in [0.717, 1.165) is 12.0 Å². The highest BCUT2D eigenvalue weighted by Gasteiger charge is 2.18.